The van der Waals surface area contributed by atoms with E-state index in [0.29, 0.717) is 0 Å². The second-order valence-electron chi connectivity index (χ2n) is 6.41. The first-order chi connectivity index (χ1) is 13.7. The van der Waals surface area contributed by atoms with Crippen molar-refractivity contribution in [1.82, 2.24) is 24.8 Å². The first kappa shape index (κ1) is 24.4. The molecule has 0 saturated carbocycles. The van der Waals surface area contributed by atoms with Crippen molar-refractivity contribution in [2.24, 2.45) is 0 Å². The molecule has 158 valence electrons. The third-order valence-electron chi connectivity index (χ3n) is 4.40. The predicted octanol–water partition coefficient (Wildman–Crippen LogP) is -6.94. The van der Waals surface area contributed by atoms with Gasteiger partial charge in [-0.15, -0.1) is 0 Å². The topological polar surface area (TPSA) is 215 Å². The molecule has 1 aliphatic rings. The number of rotatable bonds is 6. The number of fused-ring (bicyclic) bond motifs is 1. The van der Waals surface area contributed by atoms with Crippen LogP contribution in [0.4, 0.5) is 10.6 Å². The summed E-state index contributed by atoms with van der Waals surface area (Å²) < 4.78 is 6.72. The van der Waals surface area contributed by atoms with E-state index in [4.69, 9.17) is 4.74 Å². The smallest absolute Gasteiger partial charge is 0.548 e. The molecule has 15 heteroatoms. The van der Waals surface area contributed by atoms with E-state index < -0.39 is 55.3 Å². The summed E-state index contributed by atoms with van der Waals surface area (Å²) in [5, 5.41) is 54.0. The number of anilines is 1. The number of urea groups is 1. The van der Waals surface area contributed by atoms with Gasteiger partial charge in [0, 0.05) is 0 Å². The molecule has 1 saturated heterocycles. The maximum atomic E-state index is 12.1. The fourth-order valence-corrected chi connectivity index (χ4v) is 2.90. The molecule has 6 atom stereocenters. The summed E-state index contributed by atoms with van der Waals surface area (Å²) in [6.07, 6.45) is -3.86. The number of carbonyl (C=O) groups is 2. The number of carboxylic acid groups (broad SMARTS) is 1. The fourth-order valence-electron chi connectivity index (χ4n) is 2.90. The molecule has 0 radical (unpaired) electrons. The first-order valence-electron chi connectivity index (χ1n) is 8.51. The molecule has 6 unspecified atom stereocenters. The molecule has 2 amide bonds. The van der Waals surface area contributed by atoms with Gasteiger partial charge in [0.2, 0.25) is 0 Å². The Bertz CT molecular complexity index is 910. The van der Waals surface area contributed by atoms with Gasteiger partial charge >= 0.3 is 35.6 Å². The molecule has 0 aliphatic carbocycles. The minimum absolute atomic E-state index is 0. The van der Waals surface area contributed by atoms with Crippen molar-refractivity contribution >= 4 is 29.0 Å². The minimum Gasteiger partial charge on any atom is -0.548 e. The largest absolute Gasteiger partial charge is 1.00 e. The SMILES string of the molecule is CC(O)C(NC(=O)Nc1ncnc2c1ncn2C1OC(CO)C(O)C1O)C(=O)[O-].[Na+]. The van der Waals surface area contributed by atoms with E-state index in [-0.39, 0.29) is 46.5 Å². The molecular weight excluding hydrogens is 415 g/mol. The van der Waals surface area contributed by atoms with Gasteiger partial charge in [-0.05, 0) is 6.92 Å². The monoisotopic (exact) mass is 434 g/mol. The zero-order valence-electron chi connectivity index (χ0n) is 16.0. The van der Waals surface area contributed by atoms with Crippen molar-refractivity contribution < 1.29 is 69.4 Å². The fraction of sp³-hybridized carbons (Fsp3) is 0.533. The Balaban J connectivity index is 0.00000320. The number of carboxylic acids is 1. The van der Waals surface area contributed by atoms with Gasteiger partial charge in [-0.25, -0.2) is 19.7 Å². The Kier molecular flexibility index (Phi) is 8.06. The second kappa shape index (κ2) is 9.93. The summed E-state index contributed by atoms with van der Waals surface area (Å²) in [6.45, 7) is 0.665. The van der Waals surface area contributed by atoms with Crippen LogP contribution in [0, 0.1) is 0 Å². The molecule has 14 nitrogen and oxygen atoms in total. The molecule has 30 heavy (non-hydrogen) atoms. The zero-order valence-corrected chi connectivity index (χ0v) is 18.0. The molecule has 1 aliphatic heterocycles. The van der Waals surface area contributed by atoms with E-state index >= 15 is 0 Å². The van der Waals surface area contributed by atoms with E-state index in [2.05, 4.69) is 20.3 Å². The van der Waals surface area contributed by atoms with Crippen molar-refractivity contribution in [1.29, 1.82) is 0 Å². The number of imidazole rings is 1. The van der Waals surface area contributed by atoms with E-state index in [9.17, 15) is 35.1 Å². The summed E-state index contributed by atoms with van der Waals surface area (Å²) in [6, 6.07) is -2.63. The van der Waals surface area contributed by atoms with Crippen molar-refractivity contribution in [3.05, 3.63) is 12.7 Å². The number of ether oxygens (including phenoxy) is 1. The molecule has 0 aromatic carbocycles. The van der Waals surface area contributed by atoms with Gasteiger partial charge in [-0.2, -0.15) is 0 Å². The standard InChI is InChI=1S/C15H20N6O8.Na/c1-5(23)7(14(26)27)19-15(28)20-11-8-12(17-3-16-11)21(4-18-8)13-10(25)9(24)6(2-22)29-13;/h3-7,9-10,13,22-25H,2H2,1H3,(H,26,27)(H2,16,17,19,20,28);/q;+1/p-1. The van der Waals surface area contributed by atoms with E-state index in [1.54, 1.807) is 0 Å². The van der Waals surface area contributed by atoms with Crippen LogP contribution in [-0.2, 0) is 9.53 Å². The van der Waals surface area contributed by atoms with E-state index in [0.717, 1.165) is 6.33 Å². The predicted molar refractivity (Wildman–Crippen MR) is 91.0 cm³/mol. The Labute approximate surface area is 191 Å². The number of nitrogens with one attached hydrogen (secondary N) is 2. The van der Waals surface area contributed by atoms with Gasteiger partial charge in [0.15, 0.2) is 23.2 Å². The third kappa shape index (κ3) is 4.70. The molecule has 0 bridgehead atoms. The third-order valence-corrected chi connectivity index (χ3v) is 4.40. The van der Waals surface area contributed by atoms with Crippen LogP contribution in [0.5, 0.6) is 0 Å². The number of nitrogens with zero attached hydrogens (tertiary/aromatic N) is 4. The van der Waals surface area contributed by atoms with Crippen LogP contribution in [0.15, 0.2) is 12.7 Å². The Hall–Kier alpha value is -1.91. The van der Waals surface area contributed by atoms with Crippen LogP contribution in [0.1, 0.15) is 13.2 Å². The minimum atomic E-state index is -1.67. The number of carbonyl (C=O) groups excluding carboxylic acids is 2. The number of amides is 2. The van der Waals surface area contributed by atoms with E-state index in [1.165, 1.54) is 17.8 Å². The van der Waals surface area contributed by atoms with Crippen molar-refractivity contribution in [2.75, 3.05) is 11.9 Å². The Morgan fingerprint density at radius 3 is 2.57 bits per heavy atom. The molecular formula is C15H19N6NaO8. The zero-order chi connectivity index (χ0) is 21.3. The van der Waals surface area contributed by atoms with Crippen LogP contribution >= 0.6 is 0 Å². The maximum absolute atomic E-state index is 12.1. The molecule has 3 heterocycles. The normalized spacial score (nSPS) is 25.4. The summed E-state index contributed by atoms with van der Waals surface area (Å²) in [5.74, 6) is -1.75. The number of aliphatic hydroxyl groups excluding tert-OH is 4. The number of aromatic nitrogens is 4. The first-order valence-corrected chi connectivity index (χ1v) is 8.51. The van der Waals surface area contributed by atoms with Crippen LogP contribution in [0.2, 0.25) is 0 Å². The van der Waals surface area contributed by atoms with E-state index in [1.807, 2.05) is 5.32 Å². The van der Waals surface area contributed by atoms with Crippen LogP contribution in [-0.4, -0.2) is 89.0 Å². The Morgan fingerprint density at radius 1 is 1.30 bits per heavy atom. The molecule has 2 aromatic heterocycles. The number of aliphatic carboxylic acids is 1. The molecule has 6 N–H and O–H groups in total. The number of aliphatic hydroxyl groups is 4. The van der Waals surface area contributed by atoms with Gasteiger partial charge in [0.25, 0.3) is 0 Å². The van der Waals surface area contributed by atoms with Gasteiger partial charge in [0.1, 0.15) is 24.6 Å². The Morgan fingerprint density at radius 2 is 2.00 bits per heavy atom. The summed E-state index contributed by atoms with van der Waals surface area (Å²) >= 11 is 0. The molecule has 1 fully saturated rings. The van der Waals surface area contributed by atoms with Crippen molar-refractivity contribution in [3.63, 3.8) is 0 Å². The number of hydrogen-bond acceptors (Lipinski definition) is 11. The molecule has 3 rings (SSSR count). The molecule has 0 spiro atoms. The van der Waals surface area contributed by atoms with Gasteiger partial charge in [0.05, 0.1) is 31.0 Å². The van der Waals surface area contributed by atoms with Gasteiger partial charge < -0.3 is 40.4 Å². The molecule has 2 aromatic rings. The van der Waals surface area contributed by atoms with Gasteiger partial charge in [-0.1, -0.05) is 0 Å². The van der Waals surface area contributed by atoms with Crippen molar-refractivity contribution in [3.8, 4) is 0 Å². The van der Waals surface area contributed by atoms with Crippen molar-refractivity contribution in [2.45, 2.75) is 43.6 Å². The van der Waals surface area contributed by atoms with Gasteiger partial charge in [-0.3, -0.25) is 9.88 Å². The van der Waals surface area contributed by atoms with Crippen LogP contribution in [0.3, 0.4) is 0 Å². The average Bonchev–Trinajstić information content (AvgIpc) is 3.21. The van der Waals surface area contributed by atoms with Crippen LogP contribution < -0.4 is 45.3 Å². The van der Waals surface area contributed by atoms with Crippen LogP contribution in [0.25, 0.3) is 11.2 Å². The average molecular weight is 434 g/mol. The summed E-state index contributed by atoms with van der Waals surface area (Å²) in [4.78, 5) is 35.0. The summed E-state index contributed by atoms with van der Waals surface area (Å²) in [5.41, 5.74) is 0.222. The number of hydrogen-bond donors (Lipinski definition) is 6. The maximum Gasteiger partial charge on any atom is 1.00 e. The quantitative estimate of drug-likeness (QED) is 0.235. The second-order valence-corrected chi connectivity index (χ2v) is 6.41. The summed E-state index contributed by atoms with van der Waals surface area (Å²) in [7, 11) is 0.